The van der Waals surface area contributed by atoms with Crippen LogP contribution in [0.2, 0.25) is 0 Å². The van der Waals surface area contributed by atoms with Crippen LogP contribution in [0.3, 0.4) is 0 Å². The van der Waals surface area contributed by atoms with Crippen LogP contribution in [-0.4, -0.2) is 18.1 Å². The van der Waals surface area contributed by atoms with Gasteiger partial charge in [-0.25, -0.2) is 14.2 Å². The normalized spacial score (nSPS) is 11.4. The number of hydrogen-bond donors (Lipinski definition) is 0. The molecule has 20 heavy (non-hydrogen) atoms. The number of halogens is 1. The van der Waals surface area contributed by atoms with E-state index in [0.29, 0.717) is 11.3 Å². The van der Waals surface area contributed by atoms with Crippen LogP contribution in [-0.2, 0) is 10.2 Å². The number of hydrogen-bond acceptors (Lipinski definition) is 4. The maximum atomic E-state index is 12.9. The molecule has 0 fully saturated rings. The largest absolute Gasteiger partial charge is 0.463 e. The molecular formula is C15H16FNO3. The minimum atomic E-state index is -0.573. The number of methoxy groups -OCH3 is 1. The highest BCUT2D eigenvalue weighted by atomic mass is 19.1. The Morgan fingerprint density at radius 2 is 1.85 bits per heavy atom. The Bertz CT molecular complexity index is 624. The standard InChI is InChI=1S/C15H16FNO3/c1-15(2,3)12-11(14(18)19-4)20-13(17-12)9-5-7-10(16)8-6-9/h5-8H,1-4H3. The number of esters is 1. The van der Waals surface area contributed by atoms with Crippen molar-refractivity contribution in [2.24, 2.45) is 0 Å². The monoisotopic (exact) mass is 277 g/mol. The van der Waals surface area contributed by atoms with Gasteiger partial charge in [-0.3, -0.25) is 0 Å². The molecule has 2 rings (SSSR count). The average molecular weight is 277 g/mol. The number of carbonyl (C=O) groups excluding carboxylic acids is 1. The molecule has 0 unspecified atom stereocenters. The van der Waals surface area contributed by atoms with Crippen molar-refractivity contribution in [1.29, 1.82) is 0 Å². The lowest BCUT2D eigenvalue weighted by Crippen LogP contribution is -2.17. The summed E-state index contributed by atoms with van der Waals surface area (Å²) in [5, 5.41) is 0. The van der Waals surface area contributed by atoms with Crippen LogP contribution in [0.5, 0.6) is 0 Å². The van der Waals surface area contributed by atoms with E-state index in [1.165, 1.54) is 19.2 Å². The summed E-state index contributed by atoms with van der Waals surface area (Å²) in [5.41, 5.74) is 0.751. The molecule has 1 heterocycles. The third kappa shape index (κ3) is 2.71. The summed E-state index contributed by atoms with van der Waals surface area (Å²) in [6.07, 6.45) is 0. The van der Waals surface area contributed by atoms with Crippen LogP contribution in [0, 0.1) is 5.82 Å². The van der Waals surface area contributed by atoms with Gasteiger partial charge in [-0.15, -0.1) is 0 Å². The third-order valence-electron chi connectivity index (χ3n) is 2.80. The molecule has 2 aromatic rings. The van der Waals surface area contributed by atoms with Crippen LogP contribution in [0.15, 0.2) is 28.7 Å². The van der Waals surface area contributed by atoms with Crippen molar-refractivity contribution in [1.82, 2.24) is 4.98 Å². The molecule has 0 bridgehead atoms. The second kappa shape index (κ2) is 5.07. The van der Waals surface area contributed by atoms with Crippen LogP contribution in [0.1, 0.15) is 37.0 Å². The predicted octanol–water partition coefficient (Wildman–Crippen LogP) is 3.56. The summed E-state index contributed by atoms with van der Waals surface area (Å²) in [5.74, 6) is -0.560. The van der Waals surface area contributed by atoms with Gasteiger partial charge in [0, 0.05) is 11.0 Å². The molecule has 106 valence electrons. The van der Waals surface area contributed by atoms with Crippen molar-refractivity contribution >= 4 is 5.97 Å². The molecule has 0 aliphatic rings. The second-order valence-corrected chi connectivity index (χ2v) is 5.45. The van der Waals surface area contributed by atoms with Gasteiger partial charge in [-0.05, 0) is 24.3 Å². The van der Waals surface area contributed by atoms with Gasteiger partial charge in [0.15, 0.2) is 0 Å². The third-order valence-corrected chi connectivity index (χ3v) is 2.80. The smallest absolute Gasteiger partial charge is 0.376 e. The number of rotatable bonds is 2. The minimum absolute atomic E-state index is 0.0827. The van der Waals surface area contributed by atoms with Gasteiger partial charge < -0.3 is 9.15 Å². The van der Waals surface area contributed by atoms with Gasteiger partial charge in [-0.1, -0.05) is 20.8 Å². The molecule has 0 aliphatic carbocycles. The molecule has 0 saturated heterocycles. The quantitative estimate of drug-likeness (QED) is 0.787. The van der Waals surface area contributed by atoms with Crippen LogP contribution >= 0.6 is 0 Å². The summed E-state index contributed by atoms with van der Waals surface area (Å²) in [6, 6.07) is 5.73. The van der Waals surface area contributed by atoms with E-state index in [2.05, 4.69) is 4.98 Å². The molecule has 4 nitrogen and oxygen atoms in total. The van der Waals surface area contributed by atoms with Crippen molar-refractivity contribution in [2.45, 2.75) is 26.2 Å². The van der Waals surface area contributed by atoms with E-state index < -0.39 is 5.97 Å². The van der Waals surface area contributed by atoms with Gasteiger partial charge in [0.1, 0.15) is 11.5 Å². The van der Waals surface area contributed by atoms with Crippen molar-refractivity contribution in [3.8, 4) is 11.5 Å². The molecule has 0 atom stereocenters. The first-order valence-electron chi connectivity index (χ1n) is 6.18. The summed E-state index contributed by atoms with van der Waals surface area (Å²) < 4.78 is 23.2. The van der Waals surface area contributed by atoms with Crippen molar-refractivity contribution in [2.75, 3.05) is 7.11 Å². The number of aromatic nitrogens is 1. The molecule has 0 aliphatic heterocycles. The fourth-order valence-corrected chi connectivity index (χ4v) is 1.78. The molecule has 1 aromatic carbocycles. The molecule has 5 heteroatoms. The molecular weight excluding hydrogens is 261 g/mol. The highest BCUT2D eigenvalue weighted by Gasteiger charge is 2.29. The molecule has 1 aromatic heterocycles. The number of oxazole rings is 1. The van der Waals surface area contributed by atoms with E-state index >= 15 is 0 Å². The van der Waals surface area contributed by atoms with Crippen LogP contribution in [0.4, 0.5) is 4.39 Å². The maximum Gasteiger partial charge on any atom is 0.376 e. The van der Waals surface area contributed by atoms with E-state index in [1.54, 1.807) is 12.1 Å². The zero-order valence-electron chi connectivity index (χ0n) is 11.9. The second-order valence-electron chi connectivity index (χ2n) is 5.45. The number of ether oxygens (including phenoxy) is 1. The van der Waals surface area contributed by atoms with E-state index in [4.69, 9.17) is 9.15 Å². The number of nitrogens with zero attached hydrogens (tertiary/aromatic N) is 1. The SMILES string of the molecule is COC(=O)c1oc(-c2ccc(F)cc2)nc1C(C)(C)C. The summed E-state index contributed by atoms with van der Waals surface area (Å²) in [6.45, 7) is 5.77. The van der Waals surface area contributed by atoms with Gasteiger partial charge in [0.2, 0.25) is 11.7 Å². The summed E-state index contributed by atoms with van der Waals surface area (Å²) in [7, 11) is 1.29. The summed E-state index contributed by atoms with van der Waals surface area (Å²) in [4.78, 5) is 16.1. The highest BCUT2D eigenvalue weighted by molar-refractivity contribution is 5.88. The van der Waals surface area contributed by atoms with Gasteiger partial charge in [-0.2, -0.15) is 0 Å². The van der Waals surface area contributed by atoms with Gasteiger partial charge >= 0.3 is 5.97 Å². The van der Waals surface area contributed by atoms with E-state index in [-0.39, 0.29) is 22.9 Å². The molecule has 0 N–H and O–H groups in total. The van der Waals surface area contributed by atoms with Crippen molar-refractivity contribution in [3.05, 3.63) is 41.5 Å². The number of carbonyl (C=O) groups is 1. The van der Waals surface area contributed by atoms with E-state index in [0.717, 1.165) is 0 Å². The van der Waals surface area contributed by atoms with E-state index in [9.17, 15) is 9.18 Å². The topological polar surface area (TPSA) is 52.3 Å². The van der Waals surface area contributed by atoms with E-state index in [1.807, 2.05) is 20.8 Å². The van der Waals surface area contributed by atoms with Gasteiger partial charge in [0.05, 0.1) is 7.11 Å². The van der Waals surface area contributed by atoms with Crippen LogP contribution < -0.4 is 0 Å². The first kappa shape index (κ1) is 14.2. The fraction of sp³-hybridized carbons (Fsp3) is 0.333. The highest BCUT2D eigenvalue weighted by Crippen LogP contribution is 2.30. The van der Waals surface area contributed by atoms with Gasteiger partial charge in [0.25, 0.3) is 0 Å². The summed E-state index contributed by atoms with van der Waals surface area (Å²) >= 11 is 0. The first-order valence-corrected chi connectivity index (χ1v) is 6.18. The first-order chi connectivity index (χ1) is 9.32. The molecule has 0 radical (unpaired) electrons. The molecule has 0 saturated carbocycles. The predicted molar refractivity (Wildman–Crippen MR) is 71.9 cm³/mol. The average Bonchev–Trinajstić information content (AvgIpc) is 2.83. The zero-order chi connectivity index (χ0) is 14.9. The number of benzene rings is 1. The Morgan fingerprint density at radius 3 is 2.35 bits per heavy atom. The lowest BCUT2D eigenvalue weighted by molar-refractivity contribution is 0.0562. The Morgan fingerprint density at radius 1 is 1.25 bits per heavy atom. The van der Waals surface area contributed by atoms with Crippen molar-refractivity contribution in [3.63, 3.8) is 0 Å². The van der Waals surface area contributed by atoms with Crippen LogP contribution in [0.25, 0.3) is 11.5 Å². The minimum Gasteiger partial charge on any atom is -0.463 e. The molecule has 0 amide bonds. The Hall–Kier alpha value is -2.17. The maximum absolute atomic E-state index is 12.9. The molecule has 0 spiro atoms. The Labute approximate surface area is 116 Å². The fourth-order valence-electron chi connectivity index (χ4n) is 1.78. The Balaban J connectivity index is 2.54. The zero-order valence-corrected chi connectivity index (χ0v) is 11.9. The van der Waals surface area contributed by atoms with Crippen molar-refractivity contribution < 1.29 is 18.3 Å². The Kier molecular flexibility index (Phi) is 3.61. The lowest BCUT2D eigenvalue weighted by atomic mass is 9.91. The lowest BCUT2D eigenvalue weighted by Gasteiger charge is -2.15.